The summed E-state index contributed by atoms with van der Waals surface area (Å²) in [6, 6.07) is 0. The number of aliphatic hydroxyl groups is 5. The highest BCUT2D eigenvalue weighted by Crippen LogP contribution is 2.19. The van der Waals surface area contributed by atoms with Crippen LogP contribution in [0, 0.1) is 5.41 Å². The summed E-state index contributed by atoms with van der Waals surface area (Å²) < 4.78 is 38.1. The normalized spacial score (nSPS) is 9.55. The molecule has 0 spiro atoms. The van der Waals surface area contributed by atoms with Crippen LogP contribution >= 0.6 is 0 Å². The molecule has 0 fully saturated rings. The van der Waals surface area contributed by atoms with Gasteiger partial charge >= 0.3 is 35.8 Å². The molecule has 0 radical (unpaired) electrons. The number of carbonyl (C=O) groups is 7. The number of aliphatic hydroxyl groups excluding tert-OH is 5. The maximum Gasteiger partial charge on any atom is 0.333 e. The Morgan fingerprint density at radius 3 is 1.17 bits per heavy atom. The predicted octanol–water partition coefficient (Wildman–Crippen LogP) is 0.480. The number of hydrogen-bond donors (Lipinski definition) is 6. The van der Waals surface area contributed by atoms with E-state index in [-0.39, 0.29) is 83.1 Å². The monoisotopic (exact) mass is 929 g/mol. The van der Waals surface area contributed by atoms with Crippen molar-refractivity contribution >= 4 is 41.7 Å². The quantitative estimate of drug-likeness (QED) is 0.0188. The first-order chi connectivity index (χ1) is 30.7. The lowest BCUT2D eigenvalue weighted by molar-refractivity contribution is -0.159. The second-order valence-electron chi connectivity index (χ2n) is 12.1. The minimum atomic E-state index is -1.28. The Labute approximate surface area is 380 Å². The highest BCUT2D eigenvalue weighted by molar-refractivity contribution is 5.88. The Balaban J connectivity index is -0.000000243. The Hall–Kier alpha value is -6.33. The van der Waals surface area contributed by atoms with E-state index in [1.807, 2.05) is 0 Å². The van der Waals surface area contributed by atoms with Crippen molar-refractivity contribution in [3.8, 4) is 0 Å². The summed E-state index contributed by atoms with van der Waals surface area (Å²) in [6.07, 6.45) is 6.69. The summed E-state index contributed by atoms with van der Waals surface area (Å²) >= 11 is 0. The van der Waals surface area contributed by atoms with Crippen LogP contribution in [0.3, 0.4) is 0 Å². The first kappa shape index (κ1) is 67.7. The van der Waals surface area contributed by atoms with E-state index in [0.717, 1.165) is 30.4 Å². The molecule has 1 amide bonds. The average molecular weight is 930 g/mol. The number of hydrogen-bond acceptors (Lipinski definition) is 20. The molecule has 6 N–H and O–H groups in total. The summed E-state index contributed by atoms with van der Waals surface area (Å²) in [6.45, 7) is 32.4. The lowest BCUT2D eigenvalue weighted by Crippen LogP contribution is -2.42. The third-order valence-corrected chi connectivity index (χ3v) is 6.10. The zero-order chi connectivity index (χ0) is 51.1. The molecule has 0 aromatic rings. The van der Waals surface area contributed by atoms with Gasteiger partial charge in [-0.3, -0.25) is 4.79 Å². The summed E-state index contributed by atoms with van der Waals surface area (Å²) in [5, 5.41) is 46.6. The van der Waals surface area contributed by atoms with E-state index in [9.17, 15) is 48.9 Å². The van der Waals surface area contributed by atoms with Crippen molar-refractivity contribution in [1.82, 2.24) is 5.32 Å². The Morgan fingerprint density at radius 2 is 0.892 bits per heavy atom. The van der Waals surface area contributed by atoms with Gasteiger partial charge in [-0.15, -0.1) is 13.2 Å². The van der Waals surface area contributed by atoms with Crippen molar-refractivity contribution in [2.24, 2.45) is 5.41 Å². The molecule has 0 saturated heterocycles. The van der Waals surface area contributed by atoms with Gasteiger partial charge in [0.25, 0.3) is 0 Å². The van der Waals surface area contributed by atoms with Crippen molar-refractivity contribution in [3.05, 3.63) is 113 Å². The molecule has 0 aromatic heterocycles. The van der Waals surface area contributed by atoms with Crippen LogP contribution in [0.5, 0.6) is 0 Å². The van der Waals surface area contributed by atoms with Crippen LogP contribution in [0.25, 0.3) is 0 Å². The molecule has 0 aliphatic heterocycles. The van der Waals surface area contributed by atoms with Gasteiger partial charge in [-0.1, -0.05) is 58.2 Å². The lowest BCUT2D eigenvalue weighted by Gasteiger charge is -2.29. The number of amides is 1. The van der Waals surface area contributed by atoms with Gasteiger partial charge in [0.1, 0.15) is 51.8 Å². The zero-order valence-electron chi connectivity index (χ0n) is 37.3. The smallest absolute Gasteiger partial charge is 0.333 e. The van der Waals surface area contributed by atoms with Crippen molar-refractivity contribution in [2.45, 2.75) is 26.1 Å². The average Bonchev–Trinajstić information content (AvgIpc) is 3.31. The maximum absolute atomic E-state index is 11.1. The van der Waals surface area contributed by atoms with Gasteiger partial charge in [-0.25, -0.2) is 28.8 Å². The fourth-order valence-corrected chi connectivity index (χ4v) is 2.83. The molecule has 0 aromatic carbocycles. The summed E-state index contributed by atoms with van der Waals surface area (Å²) in [5.74, 6) is -4.11. The van der Waals surface area contributed by atoms with Gasteiger partial charge in [0.15, 0.2) is 0 Å². The van der Waals surface area contributed by atoms with Crippen molar-refractivity contribution < 1.29 is 97.0 Å². The first-order valence-electron chi connectivity index (χ1n) is 19.0. The van der Waals surface area contributed by atoms with E-state index in [4.69, 9.17) is 33.9 Å². The molecule has 0 heterocycles. The van der Waals surface area contributed by atoms with Crippen LogP contribution in [0.4, 0.5) is 0 Å². The van der Waals surface area contributed by atoms with E-state index in [1.165, 1.54) is 13.8 Å². The highest BCUT2D eigenvalue weighted by atomic mass is 16.6. The topological polar surface area (TPSA) is 307 Å². The minimum absolute atomic E-state index is 0.0282. The van der Waals surface area contributed by atoms with E-state index in [0.29, 0.717) is 19.8 Å². The van der Waals surface area contributed by atoms with E-state index >= 15 is 0 Å². The van der Waals surface area contributed by atoms with Crippen LogP contribution in [-0.2, 0) is 71.5 Å². The fourth-order valence-electron chi connectivity index (χ4n) is 2.83. The molecule has 0 atom stereocenters. The van der Waals surface area contributed by atoms with Gasteiger partial charge in [-0.05, 0) is 19.9 Å². The number of rotatable bonds is 30. The number of nitrogens with one attached hydrogen (secondary N) is 1. The highest BCUT2D eigenvalue weighted by Gasteiger charge is 2.35. The van der Waals surface area contributed by atoms with Crippen LogP contribution in [0.2, 0.25) is 0 Å². The molecule has 0 unspecified atom stereocenters. The largest absolute Gasteiger partial charge is 0.462 e. The molecule has 0 rings (SSSR count). The zero-order valence-corrected chi connectivity index (χ0v) is 37.3. The Morgan fingerprint density at radius 1 is 0.538 bits per heavy atom. The Kier molecular flexibility index (Phi) is 49.1. The standard InChI is InChI=1S/C14H18O7.C11H16O5.C9H16O3.C5H9NO2.C5H8O3/c1-4-11(16)19-8-14(7-15,9-20-12(17)5-2)10-21-13(18)6-3;1-7(2)10(13)15-5-9(12)6-16-11(14)8(3)4;1-3-5-11-7-9(10)8-12-6-4-2;1-2-5(8)6-3-4-7;1-2-5(7)8-4-3-6/h4-6,15H,1-3,7-10H2;9,12H,1,3,5-6H2,2,4H3;3-4,9-10H,1-2,5-8H2;2,7H,1,3-4H2,(H,6,8);2,6H,1,3-4H2. The Bertz CT molecular complexity index is 1380. The molecule has 21 nitrogen and oxygen atoms in total. The summed E-state index contributed by atoms with van der Waals surface area (Å²) in [5.41, 5.74) is -0.798. The molecule has 0 saturated carbocycles. The van der Waals surface area contributed by atoms with Gasteiger partial charge in [0, 0.05) is 42.0 Å². The van der Waals surface area contributed by atoms with E-state index in [2.05, 4.69) is 78.7 Å². The number of carbonyl (C=O) groups excluding carboxylic acids is 7. The maximum atomic E-state index is 11.1. The van der Waals surface area contributed by atoms with Crippen molar-refractivity contribution in [2.75, 3.05) is 92.4 Å². The third-order valence-electron chi connectivity index (χ3n) is 6.10. The van der Waals surface area contributed by atoms with Gasteiger partial charge in [0.05, 0.1) is 51.7 Å². The van der Waals surface area contributed by atoms with Crippen molar-refractivity contribution in [3.63, 3.8) is 0 Å². The summed E-state index contributed by atoms with van der Waals surface area (Å²) in [7, 11) is 0. The van der Waals surface area contributed by atoms with Gasteiger partial charge in [-0.2, -0.15) is 0 Å². The van der Waals surface area contributed by atoms with Crippen LogP contribution in [-0.4, -0.2) is 172 Å². The number of esters is 6. The van der Waals surface area contributed by atoms with Gasteiger partial charge < -0.3 is 68.7 Å². The lowest BCUT2D eigenvalue weighted by atomic mass is 9.92. The fraction of sp³-hybridized carbons (Fsp3) is 0.432. The van der Waals surface area contributed by atoms with Crippen molar-refractivity contribution in [1.29, 1.82) is 0 Å². The summed E-state index contributed by atoms with van der Waals surface area (Å²) in [4.78, 5) is 75.5. The van der Waals surface area contributed by atoms with E-state index in [1.54, 1.807) is 12.2 Å². The predicted molar refractivity (Wildman–Crippen MR) is 237 cm³/mol. The molecule has 65 heavy (non-hydrogen) atoms. The number of ether oxygens (including phenoxy) is 8. The second kappa shape index (κ2) is 47.2. The van der Waals surface area contributed by atoms with Crippen LogP contribution in [0.1, 0.15) is 13.8 Å². The van der Waals surface area contributed by atoms with E-state index < -0.39 is 60.0 Å². The molecule has 0 aliphatic rings. The molecule has 0 aliphatic carbocycles. The molecule has 21 heteroatoms. The van der Waals surface area contributed by atoms with Crippen LogP contribution < -0.4 is 5.32 Å². The molecule has 368 valence electrons. The molecular weight excluding hydrogens is 862 g/mol. The second-order valence-corrected chi connectivity index (χ2v) is 12.1. The third kappa shape index (κ3) is 48.6. The van der Waals surface area contributed by atoms with Crippen LogP contribution in [0.15, 0.2) is 113 Å². The first-order valence-corrected chi connectivity index (χ1v) is 19.0. The molecule has 0 bridgehead atoms. The minimum Gasteiger partial charge on any atom is -0.462 e. The molecular formula is C44H67NO20. The van der Waals surface area contributed by atoms with Gasteiger partial charge in [0.2, 0.25) is 5.91 Å². The SMILES string of the molecule is C=C(C)C(=O)OCC(O)COC(=O)C(=C)C.C=CC(=O)NCCO.C=CC(=O)OCC(CO)(COC(=O)C=C)COC(=O)C=C.C=CC(=O)OCCO.C=CCOCC(O)COCC=C.